The van der Waals surface area contributed by atoms with Crippen molar-refractivity contribution in [1.29, 1.82) is 0 Å². The second-order valence-electron chi connectivity index (χ2n) is 6.95. The number of benzene rings is 3. The zero-order chi connectivity index (χ0) is 19.5. The molecule has 2 aliphatic rings. The van der Waals surface area contributed by atoms with E-state index < -0.39 is 11.5 Å². The molecule has 3 aromatic carbocycles. The molecule has 28 heavy (non-hydrogen) atoms. The van der Waals surface area contributed by atoms with Gasteiger partial charge in [0.05, 0.1) is 11.3 Å². The number of rotatable bonds is 1. The van der Waals surface area contributed by atoms with E-state index in [-0.39, 0.29) is 11.8 Å². The van der Waals surface area contributed by atoms with E-state index in [1.54, 1.807) is 18.2 Å². The lowest BCUT2D eigenvalue weighted by Gasteiger charge is -2.44. The Morgan fingerprint density at radius 3 is 2.46 bits per heavy atom. The minimum atomic E-state index is -1.45. The molecule has 0 saturated carbocycles. The van der Waals surface area contributed by atoms with Crippen molar-refractivity contribution in [2.45, 2.75) is 12.6 Å². The van der Waals surface area contributed by atoms with Crippen LogP contribution in [0.1, 0.15) is 21.5 Å². The molecule has 5 nitrogen and oxygen atoms in total. The predicted molar refractivity (Wildman–Crippen MR) is 105 cm³/mol. The summed E-state index contributed by atoms with van der Waals surface area (Å²) in [5.74, 6) is -1.10. The maximum absolute atomic E-state index is 13.5. The van der Waals surface area contributed by atoms with Crippen molar-refractivity contribution in [2.75, 3.05) is 15.5 Å². The summed E-state index contributed by atoms with van der Waals surface area (Å²) in [6, 6.07) is 18.2. The Morgan fingerprint density at radius 1 is 0.929 bits per heavy atom. The third-order valence-electron chi connectivity index (χ3n) is 5.33. The zero-order valence-electron chi connectivity index (χ0n) is 15.0. The first-order valence-corrected chi connectivity index (χ1v) is 8.91. The SMILES string of the molecule is Cc1cccc2c1NC(=O)[C@]21Nc2ccccc2C(=O)N1c1ccc(F)cc1. The van der Waals surface area contributed by atoms with Crippen molar-refractivity contribution < 1.29 is 14.0 Å². The smallest absolute Gasteiger partial charge is 0.276 e. The van der Waals surface area contributed by atoms with Crippen molar-refractivity contribution in [3.8, 4) is 0 Å². The molecule has 2 amide bonds. The number of carbonyl (C=O) groups is 2. The normalized spacial score (nSPS) is 19.9. The minimum Gasteiger partial charge on any atom is -0.350 e. The van der Waals surface area contributed by atoms with Gasteiger partial charge in [0.1, 0.15) is 5.82 Å². The Morgan fingerprint density at radius 2 is 1.68 bits per heavy atom. The van der Waals surface area contributed by atoms with E-state index in [0.29, 0.717) is 28.2 Å². The topological polar surface area (TPSA) is 61.4 Å². The highest BCUT2D eigenvalue weighted by Gasteiger charge is 2.57. The summed E-state index contributed by atoms with van der Waals surface area (Å²) in [5, 5.41) is 6.22. The molecular formula is C22H16FN3O2. The van der Waals surface area contributed by atoms with Gasteiger partial charge in [-0.15, -0.1) is 0 Å². The number of halogens is 1. The molecule has 0 unspecified atom stereocenters. The fourth-order valence-corrected chi connectivity index (χ4v) is 4.01. The Kier molecular flexibility index (Phi) is 3.34. The second-order valence-corrected chi connectivity index (χ2v) is 6.95. The summed E-state index contributed by atoms with van der Waals surface area (Å²) in [6.07, 6.45) is 0. The molecule has 138 valence electrons. The van der Waals surface area contributed by atoms with Crippen LogP contribution in [0.2, 0.25) is 0 Å². The average Bonchev–Trinajstić information content (AvgIpc) is 2.97. The molecule has 0 bridgehead atoms. The second kappa shape index (κ2) is 5.66. The molecule has 0 fully saturated rings. The number of fused-ring (bicyclic) bond motifs is 3. The molecule has 5 rings (SSSR count). The highest BCUT2D eigenvalue weighted by atomic mass is 19.1. The third-order valence-corrected chi connectivity index (χ3v) is 5.33. The summed E-state index contributed by atoms with van der Waals surface area (Å²) >= 11 is 0. The molecular weight excluding hydrogens is 357 g/mol. The number of amides is 2. The molecule has 0 aromatic heterocycles. The number of hydrogen-bond donors (Lipinski definition) is 2. The van der Waals surface area contributed by atoms with Gasteiger partial charge in [-0.2, -0.15) is 0 Å². The van der Waals surface area contributed by atoms with E-state index >= 15 is 0 Å². The van der Waals surface area contributed by atoms with Gasteiger partial charge < -0.3 is 10.6 Å². The number of para-hydroxylation sites is 2. The Bertz CT molecular complexity index is 1140. The number of anilines is 3. The Labute approximate surface area is 160 Å². The van der Waals surface area contributed by atoms with Gasteiger partial charge in [-0.3, -0.25) is 14.5 Å². The van der Waals surface area contributed by atoms with Crippen LogP contribution in [0, 0.1) is 12.7 Å². The van der Waals surface area contributed by atoms with Crippen molar-refractivity contribution in [2.24, 2.45) is 0 Å². The first kappa shape index (κ1) is 16.5. The summed E-state index contributed by atoms with van der Waals surface area (Å²) in [4.78, 5) is 28.3. The summed E-state index contributed by atoms with van der Waals surface area (Å²) in [5.41, 5.74) is 2.24. The van der Waals surface area contributed by atoms with Gasteiger partial charge in [0.15, 0.2) is 0 Å². The molecule has 2 aliphatic heterocycles. The lowest BCUT2D eigenvalue weighted by atomic mass is 9.91. The van der Waals surface area contributed by atoms with E-state index in [1.807, 2.05) is 31.2 Å². The molecule has 2 heterocycles. The average molecular weight is 373 g/mol. The fraction of sp³-hybridized carbons (Fsp3) is 0.0909. The van der Waals surface area contributed by atoms with Crippen LogP contribution < -0.4 is 15.5 Å². The minimum absolute atomic E-state index is 0.328. The number of carbonyl (C=O) groups excluding carboxylic acids is 2. The van der Waals surface area contributed by atoms with Gasteiger partial charge in [-0.25, -0.2) is 4.39 Å². The van der Waals surface area contributed by atoms with Gasteiger partial charge in [-0.1, -0.05) is 30.3 Å². The molecule has 3 aromatic rings. The lowest BCUT2D eigenvalue weighted by Crippen LogP contribution is -2.61. The molecule has 1 atom stereocenters. The summed E-state index contributed by atoms with van der Waals surface area (Å²) in [6.45, 7) is 1.90. The monoisotopic (exact) mass is 373 g/mol. The van der Waals surface area contributed by atoms with Gasteiger partial charge >= 0.3 is 0 Å². The first-order chi connectivity index (χ1) is 13.5. The van der Waals surface area contributed by atoms with Crippen molar-refractivity contribution in [3.05, 3.63) is 89.2 Å². The van der Waals surface area contributed by atoms with E-state index in [9.17, 15) is 14.0 Å². The molecule has 1 spiro atoms. The number of aryl methyl sites for hydroxylation is 1. The van der Waals surface area contributed by atoms with Crippen LogP contribution in [0.3, 0.4) is 0 Å². The van der Waals surface area contributed by atoms with Gasteiger partial charge in [-0.05, 0) is 48.9 Å². The maximum atomic E-state index is 13.5. The van der Waals surface area contributed by atoms with E-state index in [2.05, 4.69) is 10.6 Å². The summed E-state index contributed by atoms with van der Waals surface area (Å²) < 4.78 is 13.5. The van der Waals surface area contributed by atoms with Gasteiger partial charge in [0, 0.05) is 16.9 Å². The van der Waals surface area contributed by atoms with Crippen LogP contribution in [-0.2, 0) is 10.5 Å². The fourth-order valence-electron chi connectivity index (χ4n) is 4.01. The number of hydrogen-bond acceptors (Lipinski definition) is 3. The third kappa shape index (κ3) is 2.05. The van der Waals surface area contributed by atoms with Crippen LogP contribution in [0.25, 0.3) is 0 Å². The zero-order valence-corrected chi connectivity index (χ0v) is 15.0. The van der Waals surface area contributed by atoms with Crippen molar-refractivity contribution in [1.82, 2.24) is 0 Å². The van der Waals surface area contributed by atoms with Gasteiger partial charge in [0.2, 0.25) is 5.66 Å². The van der Waals surface area contributed by atoms with Gasteiger partial charge in [0.25, 0.3) is 11.8 Å². The largest absolute Gasteiger partial charge is 0.350 e. The Balaban J connectivity index is 1.82. The predicted octanol–water partition coefficient (Wildman–Crippen LogP) is 4.01. The molecule has 0 saturated heterocycles. The Hall–Kier alpha value is -3.67. The van der Waals surface area contributed by atoms with Crippen LogP contribution in [0.5, 0.6) is 0 Å². The first-order valence-electron chi connectivity index (χ1n) is 8.91. The van der Waals surface area contributed by atoms with Crippen LogP contribution >= 0.6 is 0 Å². The van der Waals surface area contributed by atoms with E-state index in [4.69, 9.17) is 0 Å². The standard InChI is InChI=1S/C22H16FN3O2/c1-13-5-4-7-17-19(13)24-21(28)22(17)25-18-8-3-2-6-16(18)20(27)26(22)15-11-9-14(23)10-12-15/h2-12,25H,1H3,(H,24,28)/t22-/m0/s1. The number of nitrogens with zero attached hydrogens (tertiary/aromatic N) is 1. The number of nitrogens with one attached hydrogen (secondary N) is 2. The quantitative estimate of drug-likeness (QED) is 0.678. The maximum Gasteiger partial charge on any atom is 0.276 e. The van der Waals surface area contributed by atoms with Crippen LogP contribution in [-0.4, -0.2) is 11.8 Å². The van der Waals surface area contributed by atoms with Crippen molar-refractivity contribution in [3.63, 3.8) is 0 Å². The van der Waals surface area contributed by atoms with Crippen LogP contribution in [0.15, 0.2) is 66.7 Å². The summed E-state index contributed by atoms with van der Waals surface area (Å²) in [7, 11) is 0. The van der Waals surface area contributed by atoms with E-state index in [0.717, 1.165) is 5.56 Å². The molecule has 2 N–H and O–H groups in total. The van der Waals surface area contributed by atoms with Crippen LogP contribution in [0.4, 0.5) is 21.5 Å². The highest BCUT2D eigenvalue weighted by molar-refractivity contribution is 6.22. The highest BCUT2D eigenvalue weighted by Crippen LogP contribution is 2.47. The van der Waals surface area contributed by atoms with E-state index in [1.165, 1.54) is 29.2 Å². The molecule has 0 radical (unpaired) electrons. The molecule has 6 heteroatoms. The lowest BCUT2D eigenvalue weighted by molar-refractivity contribution is -0.119. The molecule has 0 aliphatic carbocycles. The van der Waals surface area contributed by atoms with Crippen molar-refractivity contribution >= 4 is 28.9 Å².